The molecule has 0 saturated carbocycles. The van der Waals surface area contributed by atoms with E-state index in [0.29, 0.717) is 13.0 Å². The number of halogens is 1. The van der Waals surface area contributed by atoms with Crippen molar-refractivity contribution in [3.63, 3.8) is 0 Å². The van der Waals surface area contributed by atoms with E-state index < -0.39 is 11.5 Å². The number of hydrogen-bond acceptors (Lipinski definition) is 3. The van der Waals surface area contributed by atoms with Gasteiger partial charge in [-0.1, -0.05) is 30.4 Å². The Kier molecular flexibility index (Phi) is 3.84. The number of alkyl halides is 1. The highest BCUT2D eigenvalue weighted by atomic mass is 35.5. The summed E-state index contributed by atoms with van der Waals surface area (Å²) in [4.78, 5) is 30.4. The van der Waals surface area contributed by atoms with Crippen molar-refractivity contribution < 1.29 is 14.3 Å². The van der Waals surface area contributed by atoms with E-state index in [9.17, 15) is 9.59 Å². The molecule has 2 aliphatic rings. The van der Waals surface area contributed by atoms with Crippen molar-refractivity contribution in [1.29, 1.82) is 0 Å². The van der Waals surface area contributed by atoms with Gasteiger partial charge in [-0.05, 0) is 24.0 Å². The lowest BCUT2D eigenvalue weighted by Gasteiger charge is -2.34. The maximum absolute atomic E-state index is 13.1. The summed E-state index contributed by atoms with van der Waals surface area (Å²) in [6.45, 7) is 0.470. The molecule has 130 valence electrons. The number of carbonyl (C=O) groups is 2. The quantitative estimate of drug-likeness (QED) is 0.521. The van der Waals surface area contributed by atoms with Crippen LogP contribution in [0.1, 0.15) is 12.0 Å². The molecule has 25 heavy (non-hydrogen) atoms. The summed E-state index contributed by atoms with van der Waals surface area (Å²) < 4.78 is 5.00. The van der Waals surface area contributed by atoms with Gasteiger partial charge >= 0.3 is 5.97 Å². The van der Waals surface area contributed by atoms with Crippen LogP contribution in [0.25, 0.3) is 10.9 Å². The average Bonchev–Trinajstić information content (AvgIpc) is 3.18. The molecule has 1 N–H and O–H groups in total. The number of esters is 1. The molecule has 4 rings (SSSR count). The largest absolute Gasteiger partial charge is 0.467 e. The Hall–Kier alpha value is -2.27. The summed E-state index contributed by atoms with van der Waals surface area (Å²) in [5, 5.41) is 0.861. The maximum atomic E-state index is 13.1. The first-order valence-electron chi connectivity index (χ1n) is 8.32. The topological polar surface area (TPSA) is 62.4 Å². The van der Waals surface area contributed by atoms with E-state index in [0.717, 1.165) is 16.5 Å². The number of aromatic amines is 1. The Labute approximate surface area is 150 Å². The van der Waals surface area contributed by atoms with Crippen LogP contribution in [-0.4, -0.2) is 46.3 Å². The highest BCUT2D eigenvalue weighted by molar-refractivity contribution is 6.22. The number of para-hydroxylation sites is 1. The lowest BCUT2D eigenvalue weighted by atomic mass is 9.85. The van der Waals surface area contributed by atoms with Crippen LogP contribution in [0.3, 0.4) is 0 Å². The molecular formula is C19H19ClN2O3. The second-order valence-corrected chi connectivity index (χ2v) is 7.23. The van der Waals surface area contributed by atoms with Crippen LogP contribution in [0.5, 0.6) is 0 Å². The fraction of sp³-hybridized carbons (Fsp3) is 0.368. The summed E-state index contributed by atoms with van der Waals surface area (Å²) in [7, 11) is 1.35. The summed E-state index contributed by atoms with van der Waals surface area (Å²) in [5.74, 6) is -0.423. The molecule has 1 saturated heterocycles. The average molecular weight is 359 g/mol. The highest BCUT2D eigenvalue weighted by Crippen LogP contribution is 2.43. The number of carbonyl (C=O) groups excluding carboxylic acids is 2. The number of methoxy groups -OCH3 is 1. The number of aromatic nitrogens is 1. The monoisotopic (exact) mass is 358 g/mol. The minimum Gasteiger partial charge on any atom is -0.467 e. The molecule has 1 aromatic heterocycles. The number of ether oxygens (including phenoxy) is 1. The van der Waals surface area contributed by atoms with Crippen LogP contribution in [-0.2, 0) is 20.7 Å². The molecule has 3 atom stereocenters. The van der Waals surface area contributed by atoms with Gasteiger partial charge in [-0.3, -0.25) is 4.79 Å². The Balaban J connectivity index is 1.65. The third kappa shape index (κ3) is 2.45. The molecule has 6 heteroatoms. The Bertz CT molecular complexity index is 874. The SMILES string of the molecule is COC(=O)[C@]12C=C[C@@H](Cl)[C@H](CN1C(=O)Cc1c[nH]c3ccccc13)C2. The second-order valence-electron chi connectivity index (χ2n) is 6.72. The van der Waals surface area contributed by atoms with E-state index in [2.05, 4.69) is 4.98 Å². The molecule has 1 fully saturated rings. The Morgan fingerprint density at radius 2 is 2.20 bits per heavy atom. The fourth-order valence-corrected chi connectivity index (χ4v) is 4.29. The van der Waals surface area contributed by atoms with Gasteiger partial charge in [0, 0.05) is 23.6 Å². The molecule has 0 radical (unpaired) electrons. The van der Waals surface area contributed by atoms with Crippen LogP contribution < -0.4 is 0 Å². The van der Waals surface area contributed by atoms with Crippen molar-refractivity contribution in [3.8, 4) is 0 Å². The van der Waals surface area contributed by atoms with E-state index in [1.165, 1.54) is 7.11 Å². The molecule has 2 aromatic rings. The van der Waals surface area contributed by atoms with E-state index in [1.54, 1.807) is 11.0 Å². The van der Waals surface area contributed by atoms with Crippen molar-refractivity contribution in [2.75, 3.05) is 13.7 Å². The third-order valence-electron chi connectivity index (χ3n) is 5.33. The zero-order valence-electron chi connectivity index (χ0n) is 13.9. The van der Waals surface area contributed by atoms with Crippen molar-refractivity contribution in [2.45, 2.75) is 23.8 Å². The molecule has 1 aliphatic heterocycles. The standard InChI is InChI=1S/C19H19ClN2O3/c1-25-18(24)19-7-6-15(20)13(9-19)11-22(19)17(23)8-12-10-21-16-5-3-2-4-14(12)16/h2-7,10,13,15,21H,8-9,11H2,1H3/t13-,15+,19+/m0/s1. The minimum absolute atomic E-state index is 0.0673. The molecule has 0 spiro atoms. The molecule has 1 aliphatic carbocycles. The summed E-state index contributed by atoms with van der Waals surface area (Å²) in [6.07, 6.45) is 6.16. The summed E-state index contributed by atoms with van der Waals surface area (Å²) in [6, 6.07) is 7.86. The molecule has 1 aromatic carbocycles. The van der Waals surface area contributed by atoms with Crippen molar-refractivity contribution >= 4 is 34.4 Å². The van der Waals surface area contributed by atoms with Crippen LogP contribution in [0.4, 0.5) is 0 Å². The van der Waals surface area contributed by atoms with Gasteiger partial charge in [-0.15, -0.1) is 11.6 Å². The predicted molar refractivity (Wildman–Crippen MR) is 95.4 cm³/mol. The maximum Gasteiger partial charge on any atom is 0.335 e. The number of allylic oxidation sites excluding steroid dienone is 1. The highest BCUT2D eigenvalue weighted by Gasteiger charge is 2.55. The first-order chi connectivity index (χ1) is 12.0. The molecule has 5 nitrogen and oxygen atoms in total. The second kappa shape index (κ2) is 5.92. The number of nitrogens with zero attached hydrogens (tertiary/aromatic N) is 1. The Morgan fingerprint density at radius 1 is 1.40 bits per heavy atom. The van der Waals surface area contributed by atoms with Crippen LogP contribution in [0, 0.1) is 5.92 Å². The first kappa shape index (κ1) is 16.2. The normalized spacial score (nSPS) is 27.7. The summed E-state index contributed by atoms with van der Waals surface area (Å²) in [5.41, 5.74) is 0.899. The van der Waals surface area contributed by atoms with Gasteiger partial charge in [0.05, 0.1) is 18.9 Å². The third-order valence-corrected chi connectivity index (χ3v) is 5.84. The molecular weight excluding hydrogens is 340 g/mol. The lowest BCUT2D eigenvalue weighted by Crippen LogP contribution is -2.52. The fourth-order valence-electron chi connectivity index (χ4n) is 4.05. The smallest absolute Gasteiger partial charge is 0.335 e. The minimum atomic E-state index is -1.02. The zero-order chi connectivity index (χ0) is 17.6. The number of benzene rings is 1. The first-order valence-corrected chi connectivity index (χ1v) is 8.76. The molecule has 2 heterocycles. The summed E-state index contributed by atoms with van der Waals surface area (Å²) >= 11 is 6.33. The zero-order valence-corrected chi connectivity index (χ0v) is 14.6. The van der Waals surface area contributed by atoms with Gasteiger partial charge in [0.1, 0.15) is 0 Å². The molecule has 2 bridgehead atoms. The van der Waals surface area contributed by atoms with E-state index in [4.69, 9.17) is 16.3 Å². The van der Waals surface area contributed by atoms with E-state index >= 15 is 0 Å². The van der Waals surface area contributed by atoms with Gasteiger partial charge < -0.3 is 14.6 Å². The number of fused-ring (bicyclic) bond motifs is 3. The number of amides is 1. The predicted octanol–water partition coefficient (Wildman–Crippen LogP) is 2.65. The van der Waals surface area contributed by atoms with Gasteiger partial charge in [0.25, 0.3) is 0 Å². The number of likely N-dealkylation sites (tertiary alicyclic amines) is 1. The van der Waals surface area contributed by atoms with Crippen molar-refractivity contribution in [3.05, 3.63) is 48.2 Å². The van der Waals surface area contributed by atoms with Gasteiger partial charge in [-0.2, -0.15) is 0 Å². The van der Waals surface area contributed by atoms with Gasteiger partial charge in [0.2, 0.25) is 5.91 Å². The number of H-pyrrole nitrogens is 1. The van der Waals surface area contributed by atoms with Gasteiger partial charge in [0.15, 0.2) is 5.54 Å². The molecule has 1 amide bonds. The van der Waals surface area contributed by atoms with Crippen molar-refractivity contribution in [1.82, 2.24) is 9.88 Å². The molecule has 0 unspecified atom stereocenters. The van der Waals surface area contributed by atoms with E-state index in [1.807, 2.05) is 36.5 Å². The van der Waals surface area contributed by atoms with Gasteiger partial charge in [-0.25, -0.2) is 4.79 Å². The van der Waals surface area contributed by atoms with Crippen LogP contribution in [0.15, 0.2) is 42.6 Å². The van der Waals surface area contributed by atoms with E-state index in [-0.39, 0.29) is 23.6 Å². The number of nitrogens with one attached hydrogen (secondary N) is 1. The van der Waals surface area contributed by atoms with Crippen molar-refractivity contribution in [2.24, 2.45) is 5.92 Å². The number of hydrogen-bond donors (Lipinski definition) is 1. The van der Waals surface area contributed by atoms with Crippen LogP contribution in [0.2, 0.25) is 0 Å². The van der Waals surface area contributed by atoms with Crippen LogP contribution >= 0.6 is 11.6 Å². The number of rotatable bonds is 3. The Morgan fingerprint density at radius 3 is 3.00 bits per heavy atom. The lowest BCUT2D eigenvalue weighted by molar-refractivity contribution is -0.155.